The van der Waals surface area contributed by atoms with Crippen molar-refractivity contribution in [3.8, 4) is 0 Å². The normalized spacial score (nSPS) is 15.5. The Labute approximate surface area is 666 Å². The summed E-state index contributed by atoms with van der Waals surface area (Å²) in [6, 6.07) is -14.0. The molecular weight excluding hydrogens is 1520 g/mol. The highest BCUT2D eigenvalue weighted by atomic mass is 16.4. The number of carbonyl (C=O) groups is 16. The number of unbranched alkanes of at least 4 members (excludes halogenated alkanes) is 1. The van der Waals surface area contributed by atoms with Gasteiger partial charge >= 0.3 is 11.9 Å². The first-order valence-corrected chi connectivity index (χ1v) is 37.6. The number of fused-ring (bicyclic) bond motifs is 1. The molecular formula is C73H108N22O21. The molecule has 43 heteroatoms. The molecule has 5 aromatic rings. The summed E-state index contributed by atoms with van der Waals surface area (Å²) in [4.78, 5) is 243. The Bertz CT molecular complexity index is 4150. The summed E-state index contributed by atoms with van der Waals surface area (Å²) < 4.78 is 0. The number of nitrogens with zero attached hydrogens (tertiary/aromatic N) is 3. The van der Waals surface area contributed by atoms with Crippen LogP contribution >= 0.6 is 0 Å². The van der Waals surface area contributed by atoms with E-state index in [-0.39, 0.29) is 68.1 Å². The quantitative estimate of drug-likeness (QED) is 0.0161. The van der Waals surface area contributed by atoms with Crippen molar-refractivity contribution in [2.45, 2.75) is 236 Å². The van der Waals surface area contributed by atoms with E-state index in [1.165, 1.54) is 58.3 Å². The number of carbonyl (C=O) groups excluding carboxylic acids is 14. The molecule has 0 saturated carbocycles. The van der Waals surface area contributed by atoms with Crippen molar-refractivity contribution in [2.24, 2.45) is 23.3 Å². The van der Waals surface area contributed by atoms with Crippen LogP contribution in [0.2, 0.25) is 0 Å². The van der Waals surface area contributed by atoms with Gasteiger partial charge < -0.3 is 126 Å². The number of hydrogen-bond donors (Lipinski definition) is 24. The predicted molar refractivity (Wildman–Crippen MR) is 410 cm³/mol. The molecule has 0 bridgehead atoms. The van der Waals surface area contributed by atoms with Gasteiger partial charge in [0.15, 0.2) is 0 Å². The monoisotopic (exact) mass is 1630 g/mol. The van der Waals surface area contributed by atoms with E-state index in [1.54, 1.807) is 44.3 Å². The Morgan fingerprint density at radius 3 is 1.19 bits per heavy atom. The highest BCUT2D eigenvalue weighted by Crippen LogP contribution is 2.21. The van der Waals surface area contributed by atoms with Crippen LogP contribution in [0.1, 0.15) is 136 Å². The number of rotatable bonds is 50. The van der Waals surface area contributed by atoms with Crippen molar-refractivity contribution in [1.29, 1.82) is 0 Å². The van der Waals surface area contributed by atoms with Crippen molar-refractivity contribution < 1.29 is 102 Å². The van der Waals surface area contributed by atoms with Crippen LogP contribution in [0.4, 0.5) is 0 Å². The van der Waals surface area contributed by atoms with Crippen LogP contribution in [-0.4, -0.2) is 258 Å². The van der Waals surface area contributed by atoms with Crippen molar-refractivity contribution in [3.63, 3.8) is 0 Å². The summed E-state index contributed by atoms with van der Waals surface area (Å²) >= 11 is 0. The fourth-order valence-electron chi connectivity index (χ4n) is 12.0. The third-order valence-electron chi connectivity index (χ3n) is 18.3. The Morgan fingerprint density at radius 2 is 0.767 bits per heavy atom. The molecule has 636 valence electrons. The molecule has 0 spiro atoms. The maximum Gasteiger partial charge on any atom is 0.303 e. The zero-order chi connectivity index (χ0) is 86.2. The number of carboxylic acids is 2. The molecule has 0 saturated heterocycles. The van der Waals surface area contributed by atoms with Crippen LogP contribution in [-0.2, 0) is 102 Å². The third-order valence-corrected chi connectivity index (χ3v) is 18.3. The zero-order valence-electron chi connectivity index (χ0n) is 65.7. The van der Waals surface area contributed by atoms with Crippen molar-refractivity contribution in [2.75, 3.05) is 6.54 Å². The van der Waals surface area contributed by atoms with Gasteiger partial charge in [-0.2, -0.15) is 0 Å². The van der Waals surface area contributed by atoms with Crippen LogP contribution in [0.5, 0.6) is 0 Å². The van der Waals surface area contributed by atoms with Gasteiger partial charge in [0.05, 0.1) is 54.4 Å². The lowest BCUT2D eigenvalue weighted by molar-refractivity contribution is -0.139. The van der Waals surface area contributed by atoms with Gasteiger partial charge in [-0.15, -0.1) is 0 Å². The fraction of sp³-hybridized carbons (Fsp3) is 0.548. The maximum absolute atomic E-state index is 15.2. The highest BCUT2D eigenvalue weighted by molar-refractivity contribution is 6.01. The number of imidazole rings is 3. The number of aliphatic hydroxyl groups excluding tert-OH is 3. The molecule has 14 amide bonds. The number of hydrogen-bond acceptors (Lipinski definition) is 23. The SMILES string of the molecule is CC(=O)N[C@@H](CCC(=O)O)C(=O)N[C@H](C(=O)N[C@@H](Cc1c[nH]cn1)C(=O)N[C@@H](CC(C)C)C(=O)N[C@@H](Cc1c[nH]cn1)C(=O)N[C@@H](Cc1c[nH]c2ccccc12)C(=O)N[C@@H](Cc1c[nH]cn1)C(=O)N[C@H](C(=O)N[C@H](C(=O)N[C@@H](C)C(=O)N[C@@H](CCCCN)C(=O)N[C@@H](CCC(=O)O)C(=O)N[C@H](C(N)=O)[C@@H](C)O)C(C)C)[C@@H](C)O)[C@@H](C)O. The van der Waals surface area contributed by atoms with Crippen molar-refractivity contribution in [1.82, 2.24) is 104 Å². The van der Waals surface area contributed by atoms with E-state index in [1.807, 2.05) is 0 Å². The van der Waals surface area contributed by atoms with E-state index in [2.05, 4.69) is 104 Å². The average molecular weight is 1630 g/mol. The minimum atomic E-state index is -1.89. The number of nitrogens with one attached hydrogen (secondary N) is 17. The molecule has 5 rings (SSSR count). The van der Waals surface area contributed by atoms with Gasteiger partial charge in [-0.3, -0.25) is 76.7 Å². The number of benzene rings is 1. The largest absolute Gasteiger partial charge is 0.481 e. The van der Waals surface area contributed by atoms with E-state index in [4.69, 9.17) is 11.5 Å². The van der Waals surface area contributed by atoms with Gasteiger partial charge in [-0.25, -0.2) is 15.0 Å². The van der Waals surface area contributed by atoms with Crippen LogP contribution in [0.25, 0.3) is 10.9 Å². The fourth-order valence-corrected chi connectivity index (χ4v) is 12.0. The molecule has 1 aromatic carbocycles. The molecule has 4 aromatic heterocycles. The Morgan fingerprint density at radius 1 is 0.405 bits per heavy atom. The molecule has 0 fully saturated rings. The second-order valence-corrected chi connectivity index (χ2v) is 28.9. The minimum Gasteiger partial charge on any atom is -0.481 e. The molecule has 26 N–H and O–H groups in total. The van der Waals surface area contributed by atoms with Gasteiger partial charge in [-0.05, 0) is 96.2 Å². The lowest BCUT2D eigenvalue weighted by Crippen LogP contribution is -2.63. The van der Waals surface area contributed by atoms with E-state index >= 15 is 9.59 Å². The first kappa shape index (κ1) is 94.3. The second kappa shape index (κ2) is 46.2. The molecule has 43 nitrogen and oxygen atoms in total. The van der Waals surface area contributed by atoms with E-state index < -0.39 is 230 Å². The number of aromatic nitrogens is 7. The number of H-pyrrole nitrogens is 4. The van der Waals surface area contributed by atoms with Crippen LogP contribution in [0.15, 0.2) is 68.0 Å². The van der Waals surface area contributed by atoms with Gasteiger partial charge in [-0.1, -0.05) is 45.9 Å². The third kappa shape index (κ3) is 30.6. The molecule has 0 radical (unpaired) electrons. The second-order valence-electron chi connectivity index (χ2n) is 28.9. The minimum absolute atomic E-state index is 0.0896. The first-order valence-electron chi connectivity index (χ1n) is 37.6. The number of aliphatic carboxylic acids is 2. The van der Waals surface area contributed by atoms with E-state index in [9.17, 15) is 92.7 Å². The first-order chi connectivity index (χ1) is 54.8. The predicted octanol–water partition coefficient (Wildman–Crippen LogP) is -5.86. The molecule has 0 unspecified atom stereocenters. The van der Waals surface area contributed by atoms with Crippen LogP contribution in [0, 0.1) is 11.8 Å². The smallest absolute Gasteiger partial charge is 0.303 e. The molecule has 0 aliphatic heterocycles. The molecule has 0 aliphatic carbocycles. The number of para-hydroxylation sites is 1. The summed E-state index contributed by atoms with van der Waals surface area (Å²) in [6.45, 7) is 12.4. The number of aromatic amines is 4. The number of nitrogens with two attached hydrogens (primary N) is 2. The Balaban J connectivity index is 1.41. The Kier molecular flexibility index (Phi) is 37.6. The van der Waals surface area contributed by atoms with Crippen molar-refractivity contribution in [3.05, 3.63) is 90.7 Å². The summed E-state index contributed by atoms with van der Waals surface area (Å²) in [5, 5.41) is 83.8. The number of aliphatic hydroxyl groups is 3. The number of primary amides is 1. The summed E-state index contributed by atoms with van der Waals surface area (Å²) in [7, 11) is 0. The average Bonchev–Trinajstić information content (AvgIpc) is 1.63. The highest BCUT2D eigenvalue weighted by Gasteiger charge is 2.40. The molecule has 16 atom stereocenters. The topological polar surface area (TPSA) is 685 Å². The van der Waals surface area contributed by atoms with E-state index in [0.29, 0.717) is 22.9 Å². The van der Waals surface area contributed by atoms with Crippen molar-refractivity contribution >= 4 is 106 Å². The lowest BCUT2D eigenvalue weighted by atomic mass is 10.00. The van der Waals surface area contributed by atoms with Gasteiger partial charge in [0.2, 0.25) is 82.7 Å². The lowest BCUT2D eigenvalue weighted by Gasteiger charge is -2.29. The van der Waals surface area contributed by atoms with Crippen LogP contribution < -0.4 is 80.6 Å². The summed E-state index contributed by atoms with van der Waals surface area (Å²) in [5.41, 5.74) is 12.8. The van der Waals surface area contributed by atoms with Gasteiger partial charge in [0, 0.05) is 81.1 Å². The molecule has 4 heterocycles. The summed E-state index contributed by atoms with van der Waals surface area (Å²) in [6.07, 6.45) is 1.68. The Hall–Kier alpha value is -12.2. The molecule has 0 aliphatic rings. The standard InChI is InChI=1S/C73H108N22O21/c1-34(2)22-50(87-69(112)53(25-43-29-77-32-81-43)91-72(115)59(38(7)97)94-64(107)48(84-40(9)99)17-19-55(100)101)66(109)89-52(24-42-28-76-31-80-42)68(111)88-51(23-41-27-79-46-15-11-10-14-45(41)46)67(110)90-54(26-44-30-78-33-82-44)70(113)95-60(39(8)98)73(116)92-57(35(3)4)71(114)83-36(5)62(105)85-47(16-12-13-21-74)63(106)86-49(18-20-56(102)103)65(108)93-58(37(6)96)61(75)104/h10-11,14-15,27-39,47-54,57-60,79,96-98H,12-13,16-26,74H2,1-9H3,(H2,75,104)(H,76,80)(H,77,81)(H,78,82)(H,83,114)(H,84,99)(H,85,105)(H,86,106)(H,87,112)(H,88,111)(H,89,109)(H,90,110)(H,91,115)(H,92,116)(H,93,108)(H,94,107)(H,95,113)(H,100,101)(H,102,103)/t36-,37+,38+,39+,47-,48-,49-,50-,51-,52-,53-,54-,57-,58-,59-,60-/m0/s1. The van der Waals surface area contributed by atoms with Gasteiger partial charge in [0.1, 0.15) is 78.5 Å². The zero-order valence-corrected chi connectivity index (χ0v) is 65.7. The summed E-state index contributed by atoms with van der Waals surface area (Å²) in [5.74, 6) is -18.0. The van der Waals surface area contributed by atoms with Crippen LogP contribution in [0.3, 0.4) is 0 Å². The van der Waals surface area contributed by atoms with E-state index in [0.717, 1.165) is 27.7 Å². The number of carboxylic acid groups (broad SMARTS) is 2. The van der Waals surface area contributed by atoms with Gasteiger partial charge in [0.25, 0.3) is 0 Å². The maximum atomic E-state index is 15.2. The molecule has 116 heavy (non-hydrogen) atoms. The number of amides is 14.